The predicted octanol–water partition coefficient (Wildman–Crippen LogP) is 0.0566. The van der Waals surface area contributed by atoms with E-state index in [0.29, 0.717) is 30.2 Å². The first kappa shape index (κ1) is 19.9. The second kappa shape index (κ2) is 8.15. The molecule has 0 radical (unpaired) electrons. The molecule has 10 heteroatoms. The molecule has 158 valence electrons. The lowest BCUT2D eigenvalue weighted by Gasteiger charge is -2.52. The maximum absolute atomic E-state index is 12.3. The Morgan fingerprint density at radius 2 is 2.07 bits per heavy atom. The van der Waals surface area contributed by atoms with Gasteiger partial charge in [-0.3, -0.25) is 14.3 Å². The fourth-order valence-electron chi connectivity index (χ4n) is 3.72. The zero-order valence-corrected chi connectivity index (χ0v) is 16.5. The summed E-state index contributed by atoms with van der Waals surface area (Å²) >= 11 is 0. The van der Waals surface area contributed by atoms with Crippen molar-refractivity contribution in [1.29, 1.82) is 0 Å². The molecule has 5 rings (SSSR count). The number of pyridine rings is 1. The molecule has 0 saturated heterocycles. The first-order valence-corrected chi connectivity index (χ1v) is 9.59. The van der Waals surface area contributed by atoms with Gasteiger partial charge in [0.25, 0.3) is 11.8 Å². The summed E-state index contributed by atoms with van der Waals surface area (Å²) in [6.07, 6.45) is 5.21. The second-order valence-electron chi connectivity index (χ2n) is 7.50. The Bertz CT molecular complexity index is 963. The number of aryl methyl sites for hydroxylation is 1. The summed E-state index contributed by atoms with van der Waals surface area (Å²) in [6.45, 7) is -0.328. The number of carbonyl (C=O) groups is 2. The maximum atomic E-state index is 12.3. The van der Waals surface area contributed by atoms with E-state index >= 15 is 0 Å². The van der Waals surface area contributed by atoms with Crippen LogP contribution < -0.4 is 20.1 Å². The molecule has 3 aliphatic rings. The Morgan fingerprint density at radius 3 is 2.73 bits per heavy atom. The average Bonchev–Trinajstić information content (AvgIpc) is 3.12. The van der Waals surface area contributed by atoms with E-state index in [0.717, 1.165) is 5.57 Å². The zero-order valence-electron chi connectivity index (χ0n) is 16.5. The predicted molar refractivity (Wildman–Crippen MR) is 104 cm³/mol. The molecular formula is C20H23N5O5. The minimum Gasteiger partial charge on any atom is -0.480 e. The lowest BCUT2D eigenvalue weighted by Crippen LogP contribution is -2.65. The van der Waals surface area contributed by atoms with Gasteiger partial charge < -0.3 is 25.2 Å². The van der Waals surface area contributed by atoms with Crippen LogP contribution in [0.25, 0.3) is 0 Å². The summed E-state index contributed by atoms with van der Waals surface area (Å²) in [5.41, 5.74) is 1.00. The molecule has 0 aliphatic heterocycles. The van der Waals surface area contributed by atoms with Crippen LogP contribution in [0.4, 0.5) is 0 Å². The summed E-state index contributed by atoms with van der Waals surface area (Å²) in [4.78, 5) is 28.4. The van der Waals surface area contributed by atoms with Crippen molar-refractivity contribution < 1.29 is 24.2 Å². The van der Waals surface area contributed by atoms with Crippen LogP contribution in [0.15, 0.2) is 48.1 Å². The van der Waals surface area contributed by atoms with Gasteiger partial charge in [0.1, 0.15) is 0 Å². The number of aromatic nitrogens is 3. The second-order valence-corrected chi connectivity index (χ2v) is 7.50. The minimum atomic E-state index is -0.802. The van der Waals surface area contributed by atoms with Crippen LogP contribution in [0.2, 0.25) is 0 Å². The van der Waals surface area contributed by atoms with Crippen molar-refractivity contribution in [2.24, 2.45) is 7.05 Å². The van der Waals surface area contributed by atoms with Crippen molar-refractivity contribution in [3.63, 3.8) is 0 Å². The number of nitrogens with zero attached hydrogens (tertiary/aromatic N) is 3. The van der Waals surface area contributed by atoms with Gasteiger partial charge in [-0.2, -0.15) is 5.10 Å². The molecule has 10 nitrogen and oxygen atoms in total. The fourth-order valence-corrected chi connectivity index (χ4v) is 3.72. The molecule has 30 heavy (non-hydrogen) atoms. The van der Waals surface area contributed by atoms with Crippen LogP contribution in [0.1, 0.15) is 19.3 Å². The summed E-state index contributed by atoms with van der Waals surface area (Å²) in [5, 5.41) is 20.3. The van der Waals surface area contributed by atoms with E-state index in [1.165, 1.54) is 6.20 Å². The largest absolute Gasteiger partial charge is 0.480 e. The Hall–Kier alpha value is -3.40. The van der Waals surface area contributed by atoms with E-state index in [2.05, 4.69) is 20.7 Å². The molecule has 2 aromatic rings. The van der Waals surface area contributed by atoms with Crippen LogP contribution >= 0.6 is 0 Å². The summed E-state index contributed by atoms with van der Waals surface area (Å²) in [6, 6.07) is 5.20. The van der Waals surface area contributed by atoms with E-state index in [1.807, 2.05) is 0 Å². The summed E-state index contributed by atoms with van der Waals surface area (Å²) < 4.78 is 12.3. The van der Waals surface area contributed by atoms with E-state index in [4.69, 9.17) is 9.47 Å². The molecule has 0 unspecified atom stereocenters. The number of hydrogen-bond donors (Lipinski definition) is 3. The molecular weight excluding hydrogens is 390 g/mol. The number of nitrogens with one attached hydrogen (secondary N) is 2. The highest BCUT2D eigenvalue weighted by Crippen LogP contribution is 2.47. The molecule has 1 saturated carbocycles. The Labute approximate surface area is 172 Å². The van der Waals surface area contributed by atoms with Gasteiger partial charge in [0.15, 0.2) is 19.0 Å². The molecule has 2 bridgehead atoms. The maximum Gasteiger partial charge on any atom is 0.262 e. The van der Waals surface area contributed by atoms with Gasteiger partial charge in [0.2, 0.25) is 5.88 Å². The van der Waals surface area contributed by atoms with Gasteiger partial charge in [-0.1, -0.05) is 6.07 Å². The van der Waals surface area contributed by atoms with Crippen LogP contribution in [0.3, 0.4) is 0 Å². The van der Waals surface area contributed by atoms with Gasteiger partial charge in [-0.05, 0) is 24.5 Å². The quantitative estimate of drug-likeness (QED) is 0.558. The molecule has 1 atom stereocenters. The third-order valence-electron chi connectivity index (χ3n) is 5.24. The SMILES string of the molecule is Cn1cc(OCC(=O)NC23CC(=C(NC(=O)COc4ccccn4)C[C@@H]2O)C3)cn1. The van der Waals surface area contributed by atoms with Gasteiger partial charge >= 0.3 is 0 Å². The van der Waals surface area contributed by atoms with Gasteiger partial charge in [-0.15, -0.1) is 0 Å². The van der Waals surface area contributed by atoms with E-state index in [9.17, 15) is 14.7 Å². The number of rotatable bonds is 8. The molecule has 2 aromatic heterocycles. The van der Waals surface area contributed by atoms with Crippen LogP contribution in [-0.4, -0.2) is 56.5 Å². The van der Waals surface area contributed by atoms with Crippen molar-refractivity contribution in [2.45, 2.75) is 30.9 Å². The first-order chi connectivity index (χ1) is 14.4. The fraction of sp³-hybridized carbons (Fsp3) is 0.400. The third-order valence-corrected chi connectivity index (χ3v) is 5.24. The van der Waals surface area contributed by atoms with Crippen LogP contribution in [0.5, 0.6) is 11.6 Å². The number of carbonyl (C=O) groups excluding carboxylic acids is 2. The number of ether oxygens (including phenoxy) is 2. The third kappa shape index (κ3) is 4.28. The van der Waals surface area contributed by atoms with Gasteiger partial charge in [0, 0.05) is 31.4 Å². The monoisotopic (exact) mass is 413 g/mol. The molecule has 1 fully saturated rings. The topological polar surface area (TPSA) is 128 Å². The van der Waals surface area contributed by atoms with Crippen molar-refractivity contribution in [3.05, 3.63) is 48.1 Å². The normalized spacial score (nSPS) is 22.1. The highest BCUT2D eigenvalue weighted by Gasteiger charge is 2.52. The first-order valence-electron chi connectivity index (χ1n) is 9.59. The molecule has 2 amide bonds. The van der Waals surface area contributed by atoms with Crippen LogP contribution in [0, 0.1) is 0 Å². The molecule has 3 N–H and O–H groups in total. The number of aliphatic hydroxyl groups is 1. The molecule has 0 spiro atoms. The van der Waals surface area contributed by atoms with E-state index < -0.39 is 11.6 Å². The smallest absolute Gasteiger partial charge is 0.262 e. The van der Waals surface area contributed by atoms with Crippen molar-refractivity contribution in [1.82, 2.24) is 25.4 Å². The average molecular weight is 413 g/mol. The van der Waals surface area contributed by atoms with E-state index in [-0.39, 0.29) is 31.4 Å². The number of hydrogen-bond acceptors (Lipinski definition) is 7. The van der Waals surface area contributed by atoms with Gasteiger partial charge in [0.05, 0.1) is 24.0 Å². The number of aliphatic hydroxyl groups excluding tert-OH is 1. The zero-order chi connectivity index (χ0) is 21.1. The van der Waals surface area contributed by atoms with Crippen molar-refractivity contribution in [2.75, 3.05) is 13.2 Å². The lowest BCUT2D eigenvalue weighted by molar-refractivity contribution is -0.129. The van der Waals surface area contributed by atoms with Gasteiger partial charge in [-0.25, -0.2) is 4.98 Å². The minimum absolute atomic E-state index is 0.159. The highest BCUT2D eigenvalue weighted by atomic mass is 16.5. The molecule has 3 aliphatic carbocycles. The lowest BCUT2D eigenvalue weighted by atomic mass is 9.62. The van der Waals surface area contributed by atoms with Crippen LogP contribution in [-0.2, 0) is 16.6 Å². The summed E-state index contributed by atoms with van der Waals surface area (Å²) in [5.74, 6) is 0.242. The Kier molecular flexibility index (Phi) is 5.40. The van der Waals surface area contributed by atoms with Crippen molar-refractivity contribution >= 4 is 11.8 Å². The Morgan fingerprint density at radius 1 is 1.27 bits per heavy atom. The number of amides is 2. The summed E-state index contributed by atoms with van der Waals surface area (Å²) in [7, 11) is 1.76. The number of fused-ring (bicyclic) bond motifs is 2. The molecule has 0 aromatic carbocycles. The highest BCUT2D eigenvalue weighted by molar-refractivity contribution is 5.81. The standard InChI is InChI=1S/C20H23N5O5/c1-25-10-14(9-22-25)29-12-18(28)24-20-7-13(8-20)15(6-16(20)26)23-17(27)11-30-19-4-2-3-5-21-19/h2-5,9-10,16,26H,6-8,11-12H2,1H3,(H,23,27)(H,24,28)/t16-/m0/s1. The molecule has 2 heterocycles. The van der Waals surface area contributed by atoms with E-state index in [1.54, 1.807) is 42.3 Å². The Balaban J connectivity index is 1.26. The van der Waals surface area contributed by atoms with Crippen molar-refractivity contribution in [3.8, 4) is 11.6 Å².